The molecule has 1 aliphatic heterocycles. The quantitative estimate of drug-likeness (QED) is 0.640. The minimum absolute atomic E-state index is 0.178. The highest BCUT2D eigenvalue weighted by Crippen LogP contribution is 2.37. The predicted octanol–water partition coefficient (Wildman–Crippen LogP) is 4.63. The second-order valence-corrected chi connectivity index (χ2v) is 6.49. The number of para-hydroxylation sites is 1. The van der Waals surface area contributed by atoms with Crippen molar-refractivity contribution in [1.29, 1.82) is 0 Å². The molecule has 3 aromatic rings. The van der Waals surface area contributed by atoms with Crippen LogP contribution in [-0.2, 0) is 5.54 Å². The van der Waals surface area contributed by atoms with E-state index in [9.17, 15) is 0 Å². The zero-order valence-corrected chi connectivity index (χ0v) is 13.1. The van der Waals surface area contributed by atoms with Crippen LogP contribution in [0.5, 0.6) is 0 Å². The summed E-state index contributed by atoms with van der Waals surface area (Å²) in [5.41, 5.74) is 6.80. The molecule has 4 rings (SSSR count). The van der Waals surface area contributed by atoms with Crippen molar-refractivity contribution in [1.82, 2.24) is 4.98 Å². The topological polar surface area (TPSA) is 25.2 Å². The molecule has 0 unspecified atom stereocenters. The van der Waals surface area contributed by atoms with E-state index in [1.54, 1.807) is 0 Å². The van der Waals surface area contributed by atoms with Gasteiger partial charge < -0.3 is 0 Å². The van der Waals surface area contributed by atoms with Crippen LogP contribution in [0.15, 0.2) is 59.7 Å². The summed E-state index contributed by atoms with van der Waals surface area (Å²) in [5, 5.41) is 1.15. The smallest absolute Gasteiger partial charge is 0.0814 e. The first-order valence-electron chi connectivity index (χ1n) is 7.61. The molecule has 0 saturated carbocycles. The minimum atomic E-state index is -0.178. The Hall–Kier alpha value is -2.48. The molecule has 108 valence electrons. The maximum Gasteiger partial charge on any atom is 0.0814 e. The van der Waals surface area contributed by atoms with E-state index >= 15 is 0 Å². The van der Waals surface area contributed by atoms with Gasteiger partial charge in [0.05, 0.1) is 16.8 Å². The molecule has 0 saturated heterocycles. The number of rotatable bonds is 1. The molecular weight excluding hydrogens is 268 g/mol. The van der Waals surface area contributed by atoms with Gasteiger partial charge in [-0.05, 0) is 38.5 Å². The molecule has 0 spiro atoms. The molecule has 2 heteroatoms. The van der Waals surface area contributed by atoms with Crippen LogP contribution in [0, 0.1) is 6.92 Å². The monoisotopic (exact) mass is 286 g/mol. The Balaban J connectivity index is 1.92. The molecule has 0 aliphatic carbocycles. The van der Waals surface area contributed by atoms with Crippen molar-refractivity contribution in [2.75, 3.05) is 0 Å². The van der Waals surface area contributed by atoms with Gasteiger partial charge in [0, 0.05) is 22.7 Å². The largest absolute Gasteiger partial charge is 0.273 e. The first-order valence-corrected chi connectivity index (χ1v) is 7.61. The molecule has 2 aromatic carbocycles. The fourth-order valence-corrected chi connectivity index (χ4v) is 3.19. The van der Waals surface area contributed by atoms with Gasteiger partial charge in [0.2, 0.25) is 0 Å². The van der Waals surface area contributed by atoms with E-state index in [0.717, 1.165) is 22.2 Å². The Bertz CT molecular complexity index is 920. The molecule has 0 radical (unpaired) electrons. The van der Waals surface area contributed by atoms with Gasteiger partial charge in [-0.1, -0.05) is 42.0 Å². The van der Waals surface area contributed by atoms with Crippen molar-refractivity contribution < 1.29 is 0 Å². The van der Waals surface area contributed by atoms with Crippen LogP contribution in [0.25, 0.3) is 10.9 Å². The fourth-order valence-electron chi connectivity index (χ4n) is 3.19. The van der Waals surface area contributed by atoms with Gasteiger partial charge in [-0.15, -0.1) is 0 Å². The molecule has 22 heavy (non-hydrogen) atoms. The zero-order valence-electron chi connectivity index (χ0n) is 13.1. The minimum Gasteiger partial charge on any atom is -0.273 e. The molecule has 0 atom stereocenters. The van der Waals surface area contributed by atoms with Crippen LogP contribution >= 0.6 is 0 Å². The highest BCUT2D eigenvalue weighted by molar-refractivity contribution is 6.16. The molecule has 0 fully saturated rings. The molecule has 1 aromatic heterocycles. The van der Waals surface area contributed by atoms with Crippen molar-refractivity contribution in [2.45, 2.75) is 26.3 Å². The Morgan fingerprint density at radius 1 is 0.955 bits per heavy atom. The van der Waals surface area contributed by atoms with Crippen LogP contribution in [-0.4, -0.2) is 10.7 Å². The van der Waals surface area contributed by atoms with E-state index in [4.69, 9.17) is 4.99 Å². The molecular formula is C20H18N2. The lowest BCUT2D eigenvalue weighted by Gasteiger charge is -2.16. The Morgan fingerprint density at radius 2 is 1.77 bits per heavy atom. The fraction of sp³-hybridized carbons (Fsp3) is 0.200. The van der Waals surface area contributed by atoms with E-state index in [1.807, 2.05) is 24.4 Å². The number of hydrogen-bond donors (Lipinski definition) is 0. The van der Waals surface area contributed by atoms with Crippen LogP contribution < -0.4 is 0 Å². The third kappa shape index (κ3) is 1.95. The Labute approximate surface area is 130 Å². The van der Waals surface area contributed by atoms with E-state index in [1.165, 1.54) is 16.7 Å². The summed E-state index contributed by atoms with van der Waals surface area (Å²) in [4.78, 5) is 9.57. The van der Waals surface area contributed by atoms with Gasteiger partial charge >= 0.3 is 0 Å². The maximum atomic E-state index is 4.98. The summed E-state index contributed by atoms with van der Waals surface area (Å²) >= 11 is 0. The number of pyridine rings is 1. The van der Waals surface area contributed by atoms with Crippen LogP contribution in [0.2, 0.25) is 0 Å². The number of aryl methyl sites for hydroxylation is 1. The maximum absolute atomic E-state index is 4.98. The number of aliphatic imine (C=N–C) groups is 1. The van der Waals surface area contributed by atoms with Crippen molar-refractivity contribution in [3.05, 3.63) is 77.0 Å². The normalized spacial score (nSPS) is 15.7. The van der Waals surface area contributed by atoms with Crippen molar-refractivity contribution in [2.24, 2.45) is 4.99 Å². The molecule has 1 aliphatic rings. The summed E-state index contributed by atoms with van der Waals surface area (Å²) in [7, 11) is 0. The highest BCUT2D eigenvalue weighted by atomic mass is 14.9. The summed E-state index contributed by atoms with van der Waals surface area (Å²) < 4.78 is 0. The van der Waals surface area contributed by atoms with Crippen molar-refractivity contribution in [3.8, 4) is 0 Å². The molecule has 2 heterocycles. The molecule has 2 nitrogen and oxygen atoms in total. The summed E-state index contributed by atoms with van der Waals surface area (Å²) in [5.74, 6) is 0. The zero-order chi connectivity index (χ0) is 15.3. The SMILES string of the molecule is Cc1ccc2c(c1)C(C)(C)N=C2c1cnc2ccccc2c1. The second-order valence-electron chi connectivity index (χ2n) is 6.49. The third-order valence-electron chi connectivity index (χ3n) is 4.34. The highest BCUT2D eigenvalue weighted by Gasteiger charge is 2.32. The molecule has 0 N–H and O–H groups in total. The number of nitrogens with zero attached hydrogens (tertiary/aromatic N) is 2. The van der Waals surface area contributed by atoms with E-state index in [-0.39, 0.29) is 5.54 Å². The van der Waals surface area contributed by atoms with Gasteiger partial charge in [0.1, 0.15) is 0 Å². The van der Waals surface area contributed by atoms with Gasteiger partial charge in [0.15, 0.2) is 0 Å². The standard InChI is InChI=1S/C20H18N2/c1-13-8-9-16-17(10-13)20(2,3)22-19(16)15-11-14-6-4-5-7-18(14)21-12-15/h4-12H,1-3H3. The first kappa shape index (κ1) is 13.2. The lowest BCUT2D eigenvalue weighted by molar-refractivity contribution is 0.571. The Kier molecular flexibility index (Phi) is 2.70. The number of aromatic nitrogens is 1. The summed E-state index contributed by atoms with van der Waals surface area (Å²) in [6.07, 6.45) is 1.94. The second kappa shape index (κ2) is 4.51. The summed E-state index contributed by atoms with van der Waals surface area (Å²) in [6, 6.07) is 17.0. The third-order valence-corrected chi connectivity index (χ3v) is 4.34. The number of fused-ring (bicyclic) bond motifs is 2. The average molecular weight is 286 g/mol. The first-order chi connectivity index (χ1) is 10.5. The van der Waals surface area contributed by atoms with Crippen molar-refractivity contribution >= 4 is 16.6 Å². The van der Waals surface area contributed by atoms with Gasteiger partial charge in [-0.2, -0.15) is 0 Å². The lowest BCUT2D eigenvalue weighted by Crippen LogP contribution is -2.10. The van der Waals surface area contributed by atoms with E-state index in [2.05, 4.69) is 56.1 Å². The van der Waals surface area contributed by atoms with E-state index in [0.29, 0.717) is 0 Å². The van der Waals surface area contributed by atoms with Gasteiger partial charge in [-0.25, -0.2) is 0 Å². The molecule has 0 amide bonds. The number of benzene rings is 2. The van der Waals surface area contributed by atoms with Gasteiger partial charge in [-0.3, -0.25) is 9.98 Å². The Morgan fingerprint density at radius 3 is 2.64 bits per heavy atom. The predicted molar refractivity (Wildman–Crippen MR) is 91.6 cm³/mol. The summed E-state index contributed by atoms with van der Waals surface area (Å²) in [6.45, 7) is 6.48. The van der Waals surface area contributed by atoms with Gasteiger partial charge in [0.25, 0.3) is 0 Å². The van der Waals surface area contributed by atoms with Crippen LogP contribution in [0.1, 0.15) is 36.1 Å². The van der Waals surface area contributed by atoms with Crippen LogP contribution in [0.4, 0.5) is 0 Å². The van der Waals surface area contributed by atoms with E-state index < -0.39 is 0 Å². The average Bonchev–Trinajstić information content (AvgIpc) is 2.78. The van der Waals surface area contributed by atoms with Crippen molar-refractivity contribution in [3.63, 3.8) is 0 Å². The number of hydrogen-bond acceptors (Lipinski definition) is 2. The lowest BCUT2D eigenvalue weighted by atomic mass is 9.90. The van der Waals surface area contributed by atoms with Crippen LogP contribution in [0.3, 0.4) is 0 Å². The molecule has 0 bridgehead atoms.